The molecule has 2 aromatic heterocycles. The number of benzene rings is 1. The summed E-state index contributed by atoms with van der Waals surface area (Å²) in [6.45, 7) is 0.907. The number of hydrogen-bond donors (Lipinski definition) is 3. The van der Waals surface area contributed by atoms with Gasteiger partial charge in [-0.25, -0.2) is 14.8 Å². The summed E-state index contributed by atoms with van der Waals surface area (Å²) in [7, 11) is 0. The Kier molecular flexibility index (Phi) is 6.14. The van der Waals surface area contributed by atoms with Crippen molar-refractivity contribution in [3.63, 3.8) is 0 Å². The van der Waals surface area contributed by atoms with E-state index in [1.54, 1.807) is 30.3 Å². The molecule has 0 aliphatic heterocycles. The minimum Gasteiger partial charge on any atom is -0.478 e. The standard InChI is InChI=1S/C20H16N6O4/c21-11-13-1-3-14(4-2-13)19-16(20(27)28)6-8-18(25-19)23-10-9-22-17-7-5-15(12-24-17)26(29)30/h1-8,12H,9-10H2,(H,22,24)(H,23,25)(H,27,28). The predicted octanol–water partition coefficient (Wildman–Crippen LogP) is 3.15. The molecule has 0 aliphatic rings. The van der Waals surface area contributed by atoms with Crippen molar-refractivity contribution >= 4 is 23.3 Å². The molecule has 3 N–H and O–H groups in total. The van der Waals surface area contributed by atoms with Crippen LogP contribution in [0.25, 0.3) is 11.3 Å². The molecule has 2 heterocycles. The lowest BCUT2D eigenvalue weighted by molar-refractivity contribution is -0.385. The molecule has 0 saturated heterocycles. The molecule has 10 nitrogen and oxygen atoms in total. The van der Waals surface area contributed by atoms with Crippen LogP contribution < -0.4 is 10.6 Å². The van der Waals surface area contributed by atoms with E-state index in [0.717, 1.165) is 0 Å². The largest absolute Gasteiger partial charge is 0.478 e. The van der Waals surface area contributed by atoms with E-state index >= 15 is 0 Å². The van der Waals surface area contributed by atoms with Gasteiger partial charge in [0.1, 0.15) is 17.8 Å². The SMILES string of the molecule is N#Cc1ccc(-c2nc(NCCNc3ccc([N+](=O)[O-])cn3)ccc2C(=O)O)cc1. The molecule has 0 radical (unpaired) electrons. The number of anilines is 2. The van der Waals surface area contributed by atoms with Crippen molar-refractivity contribution in [1.29, 1.82) is 5.26 Å². The molecular formula is C20H16N6O4. The lowest BCUT2D eigenvalue weighted by Crippen LogP contribution is -2.15. The summed E-state index contributed by atoms with van der Waals surface area (Å²) in [6, 6.07) is 14.4. The first kappa shape index (κ1) is 20.2. The molecule has 0 unspecified atom stereocenters. The second-order valence-corrected chi connectivity index (χ2v) is 6.10. The highest BCUT2D eigenvalue weighted by Gasteiger charge is 2.14. The zero-order valence-electron chi connectivity index (χ0n) is 15.6. The Hall–Kier alpha value is -4.52. The lowest BCUT2D eigenvalue weighted by Gasteiger charge is -2.11. The number of carbonyl (C=O) groups is 1. The first-order chi connectivity index (χ1) is 14.5. The van der Waals surface area contributed by atoms with Crippen LogP contribution in [-0.2, 0) is 0 Å². The molecule has 1 aromatic carbocycles. The maximum atomic E-state index is 11.5. The molecule has 3 aromatic rings. The summed E-state index contributed by atoms with van der Waals surface area (Å²) in [5, 5.41) is 35.1. The molecular weight excluding hydrogens is 388 g/mol. The second-order valence-electron chi connectivity index (χ2n) is 6.10. The Balaban J connectivity index is 1.66. The van der Waals surface area contributed by atoms with Gasteiger partial charge in [0.15, 0.2) is 0 Å². The van der Waals surface area contributed by atoms with Gasteiger partial charge in [-0.2, -0.15) is 5.26 Å². The monoisotopic (exact) mass is 404 g/mol. The summed E-state index contributed by atoms with van der Waals surface area (Å²) in [6.07, 6.45) is 1.17. The number of nitriles is 1. The number of carboxylic acid groups (broad SMARTS) is 1. The van der Waals surface area contributed by atoms with Crippen LogP contribution in [0, 0.1) is 21.4 Å². The number of pyridine rings is 2. The first-order valence-electron chi connectivity index (χ1n) is 8.81. The number of hydrogen-bond acceptors (Lipinski definition) is 8. The summed E-state index contributed by atoms with van der Waals surface area (Å²) in [5.74, 6) is -0.119. The van der Waals surface area contributed by atoms with Gasteiger partial charge in [-0.15, -0.1) is 0 Å². The van der Waals surface area contributed by atoms with Gasteiger partial charge in [0, 0.05) is 24.7 Å². The highest BCUT2D eigenvalue weighted by molar-refractivity contribution is 5.95. The fourth-order valence-electron chi connectivity index (χ4n) is 2.63. The van der Waals surface area contributed by atoms with Crippen molar-refractivity contribution in [2.45, 2.75) is 0 Å². The van der Waals surface area contributed by atoms with Gasteiger partial charge in [0.25, 0.3) is 5.69 Å². The van der Waals surface area contributed by atoms with Crippen molar-refractivity contribution in [3.8, 4) is 17.3 Å². The fourth-order valence-corrected chi connectivity index (χ4v) is 2.63. The third-order valence-electron chi connectivity index (χ3n) is 4.11. The molecule has 30 heavy (non-hydrogen) atoms. The summed E-state index contributed by atoms with van der Waals surface area (Å²) >= 11 is 0. The van der Waals surface area contributed by atoms with Crippen molar-refractivity contribution in [3.05, 3.63) is 76.0 Å². The quantitative estimate of drug-likeness (QED) is 0.292. The van der Waals surface area contributed by atoms with E-state index in [1.807, 2.05) is 6.07 Å². The van der Waals surface area contributed by atoms with E-state index in [2.05, 4.69) is 20.6 Å². The average Bonchev–Trinajstić information content (AvgIpc) is 2.77. The highest BCUT2D eigenvalue weighted by Crippen LogP contribution is 2.24. The Morgan fingerprint density at radius 1 is 1.07 bits per heavy atom. The van der Waals surface area contributed by atoms with Gasteiger partial charge in [0.05, 0.1) is 27.8 Å². The van der Waals surface area contributed by atoms with Gasteiger partial charge in [-0.05, 0) is 30.3 Å². The van der Waals surface area contributed by atoms with E-state index in [4.69, 9.17) is 5.26 Å². The maximum Gasteiger partial charge on any atom is 0.337 e. The van der Waals surface area contributed by atoms with Gasteiger partial charge in [-0.3, -0.25) is 10.1 Å². The zero-order chi connectivity index (χ0) is 21.5. The molecule has 10 heteroatoms. The van der Waals surface area contributed by atoms with Crippen LogP contribution in [0.2, 0.25) is 0 Å². The third kappa shape index (κ3) is 4.85. The molecule has 150 valence electrons. The molecule has 0 atom stereocenters. The second kappa shape index (κ2) is 9.11. The minimum atomic E-state index is -1.10. The normalized spacial score (nSPS) is 10.1. The Morgan fingerprint density at radius 3 is 2.30 bits per heavy atom. The molecule has 0 amide bonds. The predicted molar refractivity (Wildman–Crippen MR) is 109 cm³/mol. The van der Waals surface area contributed by atoms with E-state index in [0.29, 0.717) is 41.5 Å². The van der Waals surface area contributed by atoms with Crippen LogP contribution in [0.3, 0.4) is 0 Å². The average molecular weight is 404 g/mol. The summed E-state index contributed by atoms with van der Waals surface area (Å²) < 4.78 is 0. The van der Waals surface area contributed by atoms with Crippen molar-refractivity contribution in [2.75, 3.05) is 23.7 Å². The number of aromatic carboxylic acids is 1. The number of nitrogens with zero attached hydrogens (tertiary/aromatic N) is 4. The molecule has 0 fully saturated rings. The van der Waals surface area contributed by atoms with Crippen LogP contribution in [0.5, 0.6) is 0 Å². The molecule has 0 aliphatic carbocycles. The van der Waals surface area contributed by atoms with Crippen LogP contribution in [0.4, 0.5) is 17.3 Å². The third-order valence-corrected chi connectivity index (χ3v) is 4.11. The number of nitro groups is 1. The van der Waals surface area contributed by atoms with Crippen LogP contribution in [-0.4, -0.2) is 39.1 Å². The van der Waals surface area contributed by atoms with Crippen LogP contribution in [0.1, 0.15) is 15.9 Å². The number of aromatic nitrogens is 2. The smallest absolute Gasteiger partial charge is 0.337 e. The molecule has 0 bridgehead atoms. The number of rotatable bonds is 8. The lowest BCUT2D eigenvalue weighted by atomic mass is 10.0. The fraction of sp³-hybridized carbons (Fsp3) is 0.100. The van der Waals surface area contributed by atoms with Gasteiger partial charge >= 0.3 is 5.97 Å². The topological polar surface area (TPSA) is 154 Å². The molecule has 3 rings (SSSR count). The molecule has 0 spiro atoms. The van der Waals surface area contributed by atoms with Crippen LogP contribution in [0.15, 0.2) is 54.7 Å². The van der Waals surface area contributed by atoms with Gasteiger partial charge < -0.3 is 15.7 Å². The minimum absolute atomic E-state index is 0.0541. The van der Waals surface area contributed by atoms with E-state index in [1.165, 1.54) is 24.4 Å². The Morgan fingerprint density at radius 2 is 1.73 bits per heavy atom. The van der Waals surface area contributed by atoms with Crippen molar-refractivity contribution in [1.82, 2.24) is 9.97 Å². The van der Waals surface area contributed by atoms with Gasteiger partial charge in [-0.1, -0.05) is 12.1 Å². The maximum absolute atomic E-state index is 11.5. The zero-order valence-corrected chi connectivity index (χ0v) is 15.6. The van der Waals surface area contributed by atoms with E-state index in [-0.39, 0.29) is 11.3 Å². The Bertz CT molecular complexity index is 1110. The number of carboxylic acids is 1. The van der Waals surface area contributed by atoms with E-state index < -0.39 is 10.9 Å². The molecule has 0 saturated carbocycles. The number of nitrogens with one attached hydrogen (secondary N) is 2. The summed E-state index contributed by atoms with van der Waals surface area (Å²) in [5.41, 5.74) is 1.32. The Labute approximate surface area is 171 Å². The van der Waals surface area contributed by atoms with Gasteiger partial charge in [0.2, 0.25) is 0 Å². The van der Waals surface area contributed by atoms with E-state index in [9.17, 15) is 20.0 Å². The highest BCUT2D eigenvalue weighted by atomic mass is 16.6. The van der Waals surface area contributed by atoms with Crippen molar-refractivity contribution in [2.24, 2.45) is 0 Å². The van der Waals surface area contributed by atoms with Crippen molar-refractivity contribution < 1.29 is 14.8 Å². The first-order valence-corrected chi connectivity index (χ1v) is 8.81. The summed E-state index contributed by atoms with van der Waals surface area (Å²) in [4.78, 5) is 30.0. The van der Waals surface area contributed by atoms with Crippen LogP contribution >= 0.6 is 0 Å².